The van der Waals surface area contributed by atoms with Crippen LogP contribution in [0, 0.1) is 0 Å². The summed E-state index contributed by atoms with van der Waals surface area (Å²) in [5.74, 6) is 0.178. The monoisotopic (exact) mass is 270 g/mol. The lowest BCUT2D eigenvalue weighted by atomic mass is 10.2. The first-order valence-corrected chi connectivity index (χ1v) is 6.54. The first kappa shape index (κ1) is 12.5. The summed E-state index contributed by atoms with van der Waals surface area (Å²) < 4.78 is 12.5. The van der Waals surface area contributed by atoms with Gasteiger partial charge in [-0.1, -0.05) is 36.4 Å². The molecule has 0 fully saturated rings. The Morgan fingerprint density at radius 1 is 1.00 bits per heavy atom. The number of anilines is 1. The van der Waals surface area contributed by atoms with Crippen LogP contribution in [-0.2, 0) is 6.42 Å². The summed E-state index contributed by atoms with van der Waals surface area (Å²) in [6.07, 6.45) is 2.58. The molecule has 3 nitrogen and oxygen atoms in total. The number of hydroxylamine groups is 1. The van der Waals surface area contributed by atoms with E-state index < -0.39 is 5.95 Å². The molecule has 2 N–H and O–H groups in total. The summed E-state index contributed by atoms with van der Waals surface area (Å²) >= 11 is 0. The number of nitrogens with one attached hydrogen (secondary N) is 2. The molecule has 0 aliphatic carbocycles. The van der Waals surface area contributed by atoms with Crippen molar-refractivity contribution in [1.82, 2.24) is 5.48 Å². The van der Waals surface area contributed by atoms with Gasteiger partial charge in [-0.3, -0.25) is 0 Å². The number of hydrogen-bond donors (Lipinski definition) is 2. The van der Waals surface area contributed by atoms with Gasteiger partial charge in [0.1, 0.15) is 0 Å². The van der Waals surface area contributed by atoms with Gasteiger partial charge in [-0.25, -0.2) is 0 Å². The van der Waals surface area contributed by atoms with E-state index in [0.29, 0.717) is 5.75 Å². The van der Waals surface area contributed by atoms with Gasteiger partial charge in [-0.05, 0) is 24.1 Å². The summed E-state index contributed by atoms with van der Waals surface area (Å²) in [5.41, 5.74) is 5.66. The van der Waals surface area contributed by atoms with Gasteiger partial charge < -0.3 is 10.2 Å². The smallest absolute Gasteiger partial charge is 0.220 e. The van der Waals surface area contributed by atoms with Gasteiger partial charge in [-0.2, -0.15) is 9.87 Å². The molecular weight excluding hydrogens is 255 g/mol. The number of rotatable bonds is 0. The molecule has 0 atom stereocenters. The molecular formula is C16H15FN2O. The van der Waals surface area contributed by atoms with E-state index in [4.69, 9.17) is 4.84 Å². The highest BCUT2D eigenvalue weighted by atomic mass is 19.1. The second-order valence-electron chi connectivity index (χ2n) is 4.57. The molecule has 2 aliphatic heterocycles. The molecule has 0 amide bonds. The lowest BCUT2D eigenvalue weighted by Gasteiger charge is -2.13. The molecule has 2 heterocycles. The Labute approximate surface area is 117 Å². The van der Waals surface area contributed by atoms with E-state index >= 15 is 0 Å². The van der Waals surface area contributed by atoms with E-state index in [1.165, 1.54) is 23.7 Å². The molecule has 0 unspecified atom stereocenters. The third-order valence-electron chi connectivity index (χ3n) is 3.19. The highest BCUT2D eigenvalue weighted by molar-refractivity contribution is 5.59. The Balaban J connectivity index is 0.000000123. The number of benzene rings is 2. The third kappa shape index (κ3) is 2.74. The van der Waals surface area contributed by atoms with Gasteiger partial charge >= 0.3 is 0 Å². The number of fused-ring (bicyclic) bond motifs is 2. The average molecular weight is 270 g/mol. The lowest BCUT2D eigenvalue weighted by molar-refractivity contribution is 0.194. The Bertz CT molecular complexity index is 617. The highest BCUT2D eigenvalue weighted by Gasteiger charge is 2.08. The first-order valence-electron chi connectivity index (χ1n) is 6.54. The second-order valence-corrected chi connectivity index (χ2v) is 4.57. The fourth-order valence-corrected chi connectivity index (χ4v) is 2.21. The van der Waals surface area contributed by atoms with Crippen molar-refractivity contribution in [3.8, 4) is 5.75 Å². The molecule has 4 rings (SSSR count). The van der Waals surface area contributed by atoms with E-state index in [-0.39, 0.29) is 0 Å². The fourth-order valence-electron chi connectivity index (χ4n) is 2.21. The Kier molecular flexibility index (Phi) is 3.54. The fraction of sp³-hybridized carbons (Fsp3) is 0.125. The van der Waals surface area contributed by atoms with Crippen molar-refractivity contribution >= 4 is 11.8 Å². The Morgan fingerprint density at radius 3 is 2.70 bits per heavy atom. The number of halogens is 1. The molecule has 20 heavy (non-hydrogen) atoms. The van der Waals surface area contributed by atoms with Crippen LogP contribution in [0.5, 0.6) is 5.75 Å². The van der Waals surface area contributed by atoms with E-state index in [9.17, 15) is 4.39 Å². The molecule has 0 saturated heterocycles. The third-order valence-corrected chi connectivity index (χ3v) is 3.19. The van der Waals surface area contributed by atoms with Crippen LogP contribution in [0.2, 0.25) is 0 Å². The summed E-state index contributed by atoms with van der Waals surface area (Å²) in [6, 6.07) is 15.7. The average Bonchev–Trinajstić information content (AvgIpc) is 2.96. The van der Waals surface area contributed by atoms with Crippen molar-refractivity contribution in [3.05, 3.63) is 65.6 Å². The summed E-state index contributed by atoms with van der Waals surface area (Å²) in [5, 5.41) is 3.30. The number of para-hydroxylation sites is 2. The zero-order chi connectivity index (χ0) is 13.8. The predicted octanol–water partition coefficient (Wildman–Crippen LogP) is 3.51. The zero-order valence-corrected chi connectivity index (χ0v) is 10.9. The van der Waals surface area contributed by atoms with Crippen molar-refractivity contribution < 1.29 is 9.23 Å². The lowest BCUT2D eigenvalue weighted by Crippen LogP contribution is -2.18. The molecule has 0 aromatic heterocycles. The maximum atomic E-state index is 12.5. The predicted molar refractivity (Wildman–Crippen MR) is 77.9 cm³/mol. The molecule has 2 aliphatic rings. The summed E-state index contributed by atoms with van der Waals surface area (Å²) in [7, 11) is 0. The molecule has 0 spiro atoms. The van der Waals surface area contributed by atoms with E-state index in [1.807, 2.05) is 12.1 Å². The molecule has 2 aromatic rings. The van der Waals surface area contributed by atoms with E-state index in [0.717, 1.165) is 12.1 Å². The molecule has 0 radical (unpaired) electrons. The second kappa shape index (κ2) is 5.65. The van der Waals surface area contributed by atoms with Crippen LogP contribution in [0.25, 0.3) is 6.08 Å². The van der Waals surface area contributed by atoms with Crippen molar-refractivity contribution in [2.45, 2.75) is 6.42 Å². The summed E-state index contributed by atoms with van der Waals surface area (Å²) in [4.78, 5) is 4.84. The van der Waals surface area contributed by atoms with Crippen LogP contribution < -0.4 is 15.6 Å². The normalized spacial score (nSPS) is 14.3. The van der Waals surface area contributed by atoms with Crippen molar-refractivity contribution in [2.75, 3.05) is 11.9 Å². The molecule has 0 saturated carbocycles. The minimum Gasteiger partial charge on any atom is -0.384 e. The van der Waals surface area contributed by atoms with Crippen molar-refractivity contribution in [1.29, 1.82) is 0 Å². The van der Waals surface area contributed by atoms with E-state index in [2.05, 4.69) is 35.1 Å². The Morgan fingerprint density at radius 2 is 1.80 bits per heavy atom. The van der Waals surface area contributed by atoms with Crippen LogP contribution in [-0.4, -0.2) is 6.54 Å². The molecule has 102 valence electrons. The largest absolute Gasteiger partial charge is 0.384 e. The Hall–Kier alpha value is -2.49. The van der Waals surface area contributed by atoms with Gasteiger partial charge in [0.2, 0.25) is 5.95 Å². The van der Waals surface area contributed by atoms with Gasteiger partial charge in [-0.15, -0.1) is 0 Å². The highest BCUT2D eigenvalue weighted by Crippen LogP contribution is 2.23. The molecule has 0 bridgehead atoms. The van der Waals surface area contributed by atoms with Crippen LogP contribution in [0.3, 0.4) is 0 Å². The SMILES string of the molecule is FC1=Cc2ccccc2ON1.c1ccc2c(c1)CCN2. The first-order chi connectivity index (χ1) is 9.83. The van der Waals surface area contributed by atoms with Crippen molar-refractivity contribution in [2.24, 2.45) is 0 Å². The zero-order valence-electron chi connectivity index (χ0n) is 10.9. The van der Waals surface area contributed by atoms with Crippen LogP contribution in [0.15, 0.2) is 54.5 Å². The summed E-state index contributed by atoms with van der Waals surface area (Å²) in [6.45, 7) is 1.11. The van der Waals surface area contributed by atoms with E-state index in [1.54, 1.807) is 12.1 Å². The van der Waals surface area contributed by atoms with Gasteiger partial charge in [0.05, 0.1) is 0 Å². The maximum Gasteiger partial charge on any atom is 0.220 e. The maximum absolute atomic E-state index is 12.5. The molecule has 4 heteroatoms. The van der Waals surface area contributed by atoms with Crippen LogP contribution >= 0.6 is 0 Å². The minimum absolute atomic E-state index is 0.469. The topological polar surface area (TPSA) is 33.3 Å². The quantitative estimate of drug-likeness (QED) is 0.719. The van der Waals surface area contributed by atoms with Gasteiger partial charge in [0.15, 0.2) is 5.75 Å². The van der Waals surface area contributed by atoms with Crippen LogP contribution in [0.1, 0.15) is 11.1 Å². The van der Waals surface area contributed by atoms with Crippen molar-refractivity contribution in [3.63, 3.8) is 0 Å². The standard InChI is InChI=1S/C8H6FNO.C8H9N/c9-8-5-6-3-1-2-4-7(6)11-10-8;1-2-4-8-7(3-1)5-6-9-8/h1-5,10H;1-4,9H,5-6H2. The number of hydrogen-bond acceptors (Lipinski definition) is 3. The molecule has 2 aromatic carbocycles. The van der Waals surface area contributed by atoms with Gasteiger partial charge in [0, 0.05) is 23.9 Å². The van der Waals surface area contributed by atoms with Gasteiger partial charge in [0.25, 0.3) is 0 Å². The minimum atomic E-state index is -0.469. The van der Waals surface area contributed by atoms with Crippen LogP contribution in [0.4, 0.5) is 10.1 Å².